The number of aliphatic hydroxyl groups excluding tert-OH is 1. The fraction of sp³-hybridized carbons (Fsp3) is 0.562. The van der Waals surface area contributed by atoms with E-state index in [9.17, 15) is 10.2 Å². The van der Waals surface area contributed by atoms with Crippen molar-refractivity contribution >= 4 is 5.97 Å². The van der Waals surface area contributed by atoms with Gasteiger partial charge in [-0.2, -0.15) is 0 Å². The molecule has 1 unspecified atom stereocenters. The van der Waals surface area contributed by atoms with Gasteiger partial charge in [0.05, 0.1) is 6.10 Å². The predicted molar refractivity (Wildman–Crippen MR) is 81.2 cm³/mol. The van der Waals surface area contributed by atoms with Crippen molar-refractivity contribution in [3.63, 3.8) is 0 Å². The Morgan fingerprint density at radius 3 is 2.57 bits per heavy atom. The molecule has 1 aromatic carbocycles. The van der Waals surface area contributed by atoms with Crippen molar-refractivity contribution in [3.8, 4) is 5.75 Å². The molecule has 5 heteroatoms. The molecule has 1 aromatic rings. The number of phenolic OH excluding ortho intramolecular Hbond substituents is 1. The van der Waals surface area contributed by atoms with Crippen LogP contribution in [-0.2, 0) is 4.79 Å². The van der Waals surface area contributed by atoms with E-state index in [1.54, 1.807) is 18.2 Å². The number of phenols is 1. The summed E-state index contributed by atoms with van der Waals surface area (Å²) in [5.41, 5.74) is 0.862. The fourth-order valence-electron chi connectivity index (χ4n) is 2.59. The Morgan fingerprint density at radius 1 is 1.43 bits per heavy atom. The van der Waals surface area contributed by atoms with Crippen LogP contribution < -0.4 is 5.32 Å². The Labute approximate surface area is 125 Å². The first-order chi connectivity index (χ1) is 9.71. The van der Waals surface area contributed by atoms with Crippen LogP contribution in [0, 0.1) is 0 Å². The fourth-order valence-corrected chi connectivity index (χ4v) is 2.59. The minimum Gasteiger partial charge on any atom is -0.508 e. The number of aliphatic hydroxyl groups is 1. The molecule has 4 N–H and O–H groups in total. The summed E-state index contributed by atoms with van der Waals surface area (Å²) in [6.07, 6.45) is 2.68. The molecule has 0 saturated carbocycles. The largest absolute Gasteiger partial charge is 0.508 e. The van der Waals surface area contributed by atoms with Crippen molar-refractivity contribution in [3.05, 3.63) is 29.8 Å². The number of carboxylic acid groups (broad SMARTS) is 1. The van der Waals surface area contributed by atoms with Crippen LogP contribution in [0.4, 0.5) is 0 Å². The van der Waals surface area contributed by atoms with Crippen LogP contribution >= 0.6 is 0 Å². The van der Waals surface area contributed by atoms with Gasteiger partial charge in [-0.1, -0.05) is 12.1 Å². The zero-order chi connectivity index (χ0) is 16.0. The van der Waals surface area contributed by atoms with Crippen molar-refractivity contribution in [1.82, 2.24) is 5.32 Å². The standard InChI is InChI=1S/C14H21NO2.C2H4O2/c1-14(2)8-4-7-12(15-14)13(17)10-5-3-6-11(16)9-10;1-2(3)4/h3,5-6,9,12-13,15-17H,4,7-8H2,1-2H3;1H3,(H,3,4)/t12?,13-;/m1./s1. The van der Waals surface area contributed by atoms with E-state index >= 15 is 0 Å². The molecule has 2 rings (SSSR count). The highest BCUT2D eigenvalue weighted by atomic mass is 16.4. The average Bonchev–Trinajstić information content (AvgIpc) is 2.36. The molecule has 1 aliphatic rings. The van der Waals surface area contributed by atoms with Gasteiger partial charge in [-0.3, -0.25) is 4.79 Å². The highest BCUT2D eigenvalue weighted by Crippen LogP contribution is 2.29. The number of hydrogen-bond donors (Lipinski definition) is 4. The molecular weight excluding hydrogens is 270 g/mol. The Morgan fingerprint density at radius 2 is 2.05 bits per heavy atom. The van der Waals surface area contributed by atoms with E-state index in [4.69, 9.17) is 9.90 Å². The summed E-state index contributed by atoms with van der Waals surface area (Å²) < 4.78 is 0. The predicted octanol–water partition coefficient (Wildman–Crippen LogP) is 2.44. The van der Waals surface area contributed by atoms with Gasteiger partial charge in [0, 0.05) is 18.5 Å². The van der Waals surface area contributed by atoms with Crippen LogP contribution in [0.15, 0.2) is 24.3 Å². The van der Waals surface area contributed by atoms with Crippen LogP contribution in [0.25, 0.3) is 0 Å². The second-order valence-electron chi connectivity index (χ2n) is 6.09. The molecule has 0 aromatic heterocycles. The van der Waals surface area contributed by atoms with Crippen molar-refractivity contribution in [2.24, 2.45) is 0 Å². The van der Waals surface area contributed by atoms with Crippen molar-refractivity contribution in [1.29, 1.82) is 0 Å². The monoisotopic (exact) mass is 295 g/mol. The quantitative estimate of drug-likeness (QED) is 0.673. The van der Waals surface area contributed by atoms with E-state index in [0.717, 1.165) is 31.7 Å². The summed E-state index contributed by atoms with van der Waals surface area (Å²) in [7, 11) is 0. The lowest BCUT2D eigenvalue weighted by Crippen LogP contribution is -2.51. The van der Waals surface area contributed by atoms with E-state index in [2.05, 4.69) is 19.2 Å². The highest BCUT2D eigenvalue weighted by molar-refractivity contribution is 5.62. The molecule has 0 aliphatic carbocycles. The number of rotatable bonds is 2. The summed E-state index contributed by atoms with van der Waals surface area (Å²) >= 11 is 0. The molecule has 1 aliphatic heterocycles. The molecule has 0 amide bonds. The van der Waals surface area contributed by atoms with Crippen LogP contribution in [0.1, 0.15) is 51.7 Å². The summed E-state index contributed by atoms with van der Waals surface area (Å²) in [5.74, 6) is -0.628. The lowest BCUT2D eigenvalue weighted by atomic mass is 9.85. The topological polar surface area (TPSA) is 89.8 Å². The number of aliphatic carboxylic acids is 1. The Bertz CT molecular complexity index is 469. The zero-order valence-corrected chi connectivity index (χ0v) is 12.8. The third kappa shape index (κ3) is 6.14. The van der Waals surface area contributed by atoms with E-state index in [0.29, 0.717) is 0 Å². The zero-order valence-electron chi connectivity index (χ0n) is 12.8. The number of hydrogen-bond acceptors (Lipinski definition) is 4. The smallest absolute Gasteiger partial charge is 0.300 e. The second kappa shape index (κ2) is 7.43. The Hall–Kier alpha value is -1.59. The molecule has 1 fully saturated rings. The van der Waals surface area contributed by atoms with Gasteiger partial charge in [-0.05, 0) is 50.8 Å². The molecule has 1 heterocycles. The number of nitrogens with one attached hydrogen (secondary N) is 1. The minimum absolute atomic E-state index is 0.0700. The SMILES string of the molecule is CC(=O)O.CC1(C)CCCC([C@H](O)c2cccc(O)c2)N1. The van der Waals surface area contributed by atoms with E-state index in [-0.39, 0.29) is 17.3 Å². The summed E-state index contributed by atoms with van der Waals surface area (Å²) in [5, 5.41) is 30.7. The number of aromatic hydroxyl groups is 1. The van der Waals surface area contributed by atoms with E-state index in [1.807, 2.05) is 6.07 Å². The van der Waals surface area contributed by atoms with Crippen molar-refractivity contribution < 1.29 is 20.1 Å². The van der Waals surface area contributed by atoms with E-state index in [1.165, 1.54) is 0 Å². The normalized spacial score (nSPS) is 21.8. The Balaban J connectivity index is 0.000000491. The number of carboxylic acids is 1. The van der Waals surface area contributed by atoms with Gasteiger partial charge in [0.1, 0.15) is 5.75 Å². The third-order valence-electron chi connectivity index (χ3n) is 3.49. The maximum absolute atomic E-state index is 10.3. The third-order valence-corrected chi connectivity index (χ3v) is 3.49. The maximum Gasteiger partial charge on any atom is 0.300 e. The van der Waals surface area contributed by atoms with Gasteiger partial charge >= 0.3 is 0 Å². The molecule has 2 atom stereocenters. The van der Waals surface area contributed by atoms with Crippen molar-refractivity contribution in [2.45, 2.75) is 57.7 Å². The first kappa shape index (κ1) is 17.5. The van der Waals surface area contributed by atoms with Crippen LogP contribution in [-0.4, -0.2) is 32.9 Å². The maximum atomic E-state index is 10.3. The molecule has 1 saturated heterocycles. The van der Waals surface area contributed by atoms with Crippen LogP contribution in [0.5, 0.6) is 5.75 Å². The van der Waals surface area contributed by atoms with Gasteiger partial charge in [0.25, 0.3) is 5.97 Å². The van der Waals surface area contributed by atoms with Gasteiger partial charge in [0.2, 0.25) is 0 Å². The van der Waals surface area contributed by atoms with Gasteiger partial charge < -0.3 is 20.6 Å². The molecule has 118 valence electrons. The minimum atomic E-state index is -0.833. The van der Waals surface area contributed by atoms with Gasteiger partial charge in [-0.25, -0.2) is 0 Å². The second-order valence-corrected chi connectivity index (χ2v) is 6.09. The summed E-state index contributed by atoms with van der Waals surface area (Å²) in [6.45, 7) is 5.41. The number of benzene rings is 1. The van der Waals surface area contributed by atoms with Crippen LogP contribution in [0.3, 0.4) is 0 Å². The number of carbonyl (C=O) groups is 1. The first-order valence-electron chi connectivity index (χ1n) is 7.15. The van der Waals surface area contributed by atoms with Gasteiger partial charge in [-0.15, -0.1) is 0 Å². The Kier molecular flexibility index (Phi) is 6.18. The summed E-state index contributed by atoms with van der Waals surface area (Å²) in [6, 6.07) is 6.94. The van der Waals surface area contributed by atoms with Crippen molar-refractivity contribution in [2.75, 3.05) is 0 Å². The molecule has 0 spiro atoms. The summed E-state index contributed by atoms with van der Waals surface area (Å²) in [4.78, 5) is 9.00. The molecule has 0 bridgehead atoms. The van der Waals surface area contributed by atoms with Gasteiger partial charge in [0.15, 0.2) is 0 Å². The van der Waals surface area contributed by atoms with Crippen LogP contribution in [0.2, 0.25) is 0 Å². The lowest BCUT2D eigenvalue weighted by Gasteiger charge is -2.39. The first-order valence-corrected chi connectivity index (χ1v) is 7.15. The molecule has 0 radical (unpaired) electrons. The molecule has 5 nitrogen and oxygen atoms in total. The number of piperidine rings is 1. The van der Waals surface area contributed by atoms with E-state index < -0.39 is 12.1 Å². The highest BCUT2D eigenvalue weighted by Gasteiger charge is 2.31. The molecular formula is C16H25NO4. The molecule has 21 heavy (non-hydrogen) atoms. The average molecular weight is 295 g/mol. The lowest BCUT2D eigenvalue weighted by molar-refractivity contribution is -0.134.